The van der Waals surface area contributed by atoms with Crippen molar-refractivity contribution in [3.8, 4) is 5.75 Å². The van der Waals surface area contributed by atoms with Crippen molar-refractivity contribution in [3.63, 3.8) is 0 Å². The fourth-order valence-corrected chi connectivity index (χ4v) is 2.91. The number of piperazine rings is 1. The van der Waals surface area contributed by atoms with E-state index in [-0.39, 0.29) is 12.0 Å². The van der Waals surface area contributed by atoms with E-state index in [9.17, 15) is 9.59 Å². The molecule has 0 aliphatic carbocycles. The Morgan fingerprint density at radius 1 is 1.00 bits per heavy atom. The van der Waals surface area contributed by atoms with Crippen LogP contribution in [0.1, 0.15) is 24.2 Å². The molecule has 0 unspecified atom stereocenters. The van der Waals surface area contributed by atoms with Crippen LogP contribution >= 0.6 is 0 Å². The molecule has 1 N–H and O–H groups in total. The second-order valence-electron chi connectivity index (χ2n) is 6.36. The Balaban J connectivity index is 1.54. The lowest BCUT2D eigenvalue weighted by atomic mass is 10.2. The molecule has 29 heavy (non-hydrogen) atoms. The van der Waals surface area contributed by atoms with E-state index in [0.717, 1.165) is 5.75 Å². The van der Waals surface area contributed by atoms with Crippen molar-refractivity contribution in [2.45, 2.75) is 13.8 Å². The normalized spacial score (nSPS) is 13.7. The van der Waals surface area contributed by atoms with Gasteiger partial charge in [-0.2, -0.15) is 0 Å². The van der Waals surface area contributed by atoms with E-state index in [1.54, 1.807) is 36.1 Å². The molecular formula is C20H25N5O4. The molecule has 0 bridgehead atoms. The Bertz CT molecular complexity index is 818. The highest BCUT2D eigenvalue weighted by molar-refractivity contribution is 6.03. The number of aromatic nitrogens is 2. The second-order valence-corrected chi connectivity index (χ2v) is 6.36. The number of anilines is 2. The summed E-state index contributed by atoms with van der Waals surface area (Å²) in [4.78, 5) is 36.4. The standard InChI is InChI=1S/C20H25N5O4/c1-3-28-17-7-5-16(6-8-17)23-18(26)15-13-21-19(22-14-15)24-9-11-25(12-10-24)20(27)29-4-2/h5-8,13-14H,3-4,9-12H2,1-2H3,(H,23,26). The number of amides is 2. The van der Waals surface area contributed by atoms with Crippen molar-refractivity contribution in [1.29, 1.82) is 0 Å². The molecule has 1 aliphatic rings. The Kier molecular flexibility index (Phi) is 6.83. The molecule has 1 aliphatic heterocycles. The van der Waals surface area contributed by atoms with E-state index in [0.29, 0.717) is 56.6 Å². The van der Waals surface area contributed by atoms with Gasteiger partial charge in [0.05, 0.1) is 18.8 Å². The van der Waals surface area contributed by atoms with Gasteiger partial charge < -0.3 is 24.6 Å². The first kappa shape index (κ1) is 20.4. The number of rotatable bonds is 6. The van der Waals surface area contributed by atoms with Crippen LogP contribution in [0.5, 0.6) is 5.75 Å². The van der Waals surface area contributed by atoms with Crippen LogP contribution in [0.4, 0.5) is 16.4 Å². The van der Waals surface area contributed by atoms with Crippen LogP contribution in [-0.4, -0.2) is 66.3 Å². The predicted octanol–water partition coefficient (Wildman–Crippen LogP) is 2.41. The van der Waals surface area contributed by atoms with Gasteiger partial charge in [-0.1, -0.05) is 0 Å². The molecule has 0 atom stereocenters. The van der Waals surface area contributed by atoms with Crippen molar-refractivity contribution < 1.29 is 19.1 Å². The van der Waals surface area contributed by atoms with Gasteiger partial charge in [-0.05, 0) is 38.1 Å². The van der Waals surface area contributed by atoms with E-state index in [1.165, 1.54) is 12.4 Å². The lowest BCUT2D eigenvalue weighted by Crippen LogP contribution is -2.49. The van der Waals surface area contributed by atoms with Crippen LogP contribution < -0.4 is 15.0 Å². The Labute approximate surface area is 169 Å². The quantitative estimate of drug-likeness (QED) is 0.797. The van der Waals surface area contributed by atoms with Crippen LogP contribution in [-0.2, 0) is 4.74 Å². The molecule has 1 fully saturated rings. The molecule has 2 amide bonds. The molecule has 1 saturated heterocycles. The number of carbonyl (C=O) groups excluding carboxylic acids is 2. The molecule has 0 saturated carbocycles. The van der Waals surface area contributed by atoms with Crippen molar-refractivity contribution in [2.75, 3.05) is 49.6 Å². The number of nitrogens with zero attached hydrogens (tertiary/aromatic N) is 4. The maximum Gasteiger partial charge on any atom is 0.409 e. The van der Waals surface area contributed by atoms with Crippen molar-refractivity contribution >= 4 is 23.6 Å². The van der Waals surface area contributed by atoms with E-state index < -0.39 is 0 Å². The maximum atomic E-state index is 12.4. The molecule has 2 aromatic rings. The van der Waals surface area contributed by atoms with Gasteiger partial charge in [-0.3, -0.25) is 4.79 Å². The third-order valence-electron chi connectivity index (χ3n) is 4.41. The number of benzene rings is 1. The van der Waals surface area contributed by atoms with E-state index in [4.69, 9.17) is 9.47 Å². The van der Waals surface area contributed by atoms with Crippen LogP contribution in [0, 0.1) is 0 Å². The van der Waals surface area contributed by atoms with E-state index in [2.05, 4.69) is 15.3 Å². The van der Waals surface area contributed by atoms with Crippen molar-refractivity contribution in [3.05, 3.63) is 42.2 Å². The molecule has 1 aromatic carbocycles. The number of hydrogen-bond acceptors (Lipinski definition) is 7. The highest BCUT2D eigenvalue weighted by Gasteiger charge is 2.23. The topological polar surface area (TPSA) is 96.9 Å². The van der Waals surface area contributed by atoms with Gasteiger partial charge >= 0.3 is 6.09 Å². The summed E-state index contributed by atoms with van der Waals surface area (Å²) >= 11 is 0. The van der Waals surface area contributed by atoms with Gasteiger partial charge in [-0.15, -0.1) is 0 Å². The first-order chi connectivity index (χ1) is 14.1. The SMILES string of the molecule is CCOC(=O)N1CCN(c2ncc(C(=O)Nc3ccc(OCC)cc3)cn2)CC1. The van der Waals surface area contributed by atoms with Crippen molar-refractivity contribution in [2.24, 2.45) is 0 Å². The summed E-state index contributed by atoms with van der Waals surface area (Å²) in [5.41, 5.74) is 1.03. The van der Waals surface area contributed by atoms with Gasteiger partial charge in [0.2, 0.25) is 5.95 Å². The molecule has 3 rings (SSSR count). The number of carbonyl (C=O) groups is 2. The third kappa shape index (κ3) is 5.34. The average molecular weight is 399 g/mol. The molecule has 9 nitrogen and oxygen atoms in total. The second kappa shape index (κ2) is 9.72. The summed E-state index contributed by atoms with van der Waals surface area (Å²) in [5, 5.41) is 2.81. The zero-order valence-corrected chi connectivity index (χ0v) is 16.6. The minimum absolute atomic E-state index is 0.284. The van der Waals surface area contributed by atoms with Gasteiger partial charge in [0.1, 0.15) is 5.75 Å². The molecule has 154 valence electrons. The summed E-state index contributed by atoms with van der Waals surface area (Å²) in [6.45, 7) is 6.96. The van der Waals surface area contributed by atoms with Crippen LogP contribution in [0.25, 0.3) is 0 Å². The smallest absolute Gasteiger partial charge is 0.409 e. The van der Waals surface area contributed by atoms with E-state index >= 15 is 0 Å². The summed E-state index contributed by atoms with van der Waals surface area (Å²) < 4.78 is 10.4. The third-order valence-corrected chi connectivity index (χ3v) is 4.41. The minimum atomic E-state index is -0.297. The van der Waals surface area contributed by atoms with Crippen LogP contribution in [0.15, 0.2) is 36.7 Å². The summed E-state index contributed by atoms with van der Waals surface area (Å²) in [6, 6.07) is 7.16. The van der Waals surface area contributed by atoms with Crippen LogP contribution in [0.2, 0.25) is 0 Å². The van der Waals surface area contributed by atoms with Crippen molar-refractivity contribution in [1.82, 2.24) is 14.9 Å². The summed E-state index contributed by atoms with van der Waals surface area (Å²) in [7, 11) is 0. The van der Waals surface area contributed by atoms with Gasteiger partial charge in [-0.25, -0.2) is 14.8 Å². The lowest BCUT2D eigenvalue weighted by molar-refractivity contribution is 0.102. The molecule has 0 radical (unpaired) electrons. The summed E-state index contributed by atoms with van der Waals surface area (Å²) in [6.07, 6.45) is 2.71. The van der Waals surface area contributed by atoms with Crippen LogP contribution in [0.3, 0.4) is 0 Å². The highest BCUT2D eigenvalue weighted by Crippen LogP contribution is 2.17. The Morgan fingerprint density at radius 2 is 1.66 bits per heavy atom. The molecule has 2 heterocycles. The average Bonchev–Trinajstić information content (AvgIpc) is 2.76. The largest absolute Gasteiger partial charge is 0.494 e. The zero-order chi connectivity index (χ0) is 20.6. The predicted molar refractivity (Wildman–Crippen MR) is 108 cm³/mol. The zero-order valence-electron chi connectivity index (χ0n) is 16.6. The minimum Gasteiger partial charge on any atom is -0.494 e. The molecule has 1 aromatic heterocycles. The molecular weight excluding hydrogens is 374 g/mol. The highest BCUT2D eigenvalue weighted by atomic mass is 16.6. The number of nitrogens with one attached hydrogen (secondary N) is 1. The number of hydrogen-bond donors (Lipinski definition) is 1. The summed E-state index contributed by atoms with van der Waals surface area (Å²) in [5.74, 6) is 1.00. The first-order valence-corrected chi connectivity index (χ1v) is 9.63. The fraction of sp³-hybridized carbons (Fsp3) is 0.400. The monoisotopic (exact) mass is 399 g/mol. The Morgan fingerprint density at radius 3 is 2.24 bits per heavy atom. The first-order valence-electron chi connectivity index (χ1n) is 9.63. The lowest BCUT2D eigenvalue weighted by Gasteiger charge is -2.33. The molecule has 9 heteroatoms. The van der Waals surface area contributed by atoms with E-state index in [1.807, 2.05) is 11.8 Å². The van der Waals surface area contributed by atoms with Gasteiger partial charge in [0, 0.05) is 44.3 Å². The van der Waals surface area contributed by atoms with Gasteiger partial charge in [0.25, 0.3) is 5.91 Å². The molecule has 0 spiro atoms. The Hall–Kier alpha value is -3.36. The number of ether oxygens (including phenoxy) is 2. The maximum absolute atomic E-state index is 12.4. The fourth-order valence-electron chi connectivity index (χ4n) is 2.91. The van der Waals surface area contributed by atoms with Gasteiger partial charge in [0.15, 0.2) is 0 Å².